The zero-order valence-electron chi connectivity index (χ0n) is 12.5. The molecule has 0 amide bonds. The summed E-state index contributed by atoms with van der Waals surface area (Å²) in [5, 5.41) is 10.3. The lowest BCUT2D eigenvalue weighted by Crippen LogP contribution is -2.21. The molecule has 0 aliphatic carbocycles. The zero-order valence-corrected chi connectivity index (χ0v) is 13.3. The molecule has 120 valence electrons. The maximum absolute atomic E-state index is 6.21. The maximum Gasteiger partial charge on any atom is 0.179 e. The van der Waals surface area contributed by atoms with Crippen LogP contribution in [0.1, 0.15) is 11.5 Å². The molecule has 0 unspecified atom stereocenters. The summed E-state index contributed by atoms with van der Waals surface area (Å²) >= 11 is 6.21. The van der Waals surface area contributed by atoms with Crippen LogP contribution in [0, 0.1) is 0 Å². The lowest BCUT2D eigenvalue weighted by atomic mass is 10.00. The molecule has 4 N–H and O–H groups in total. The fourth-order valence-electron chi connectivity index (χ4n) is 3.06. The Hall–Kier alpha value is -1.93. The predicted molar refractivity (Wildman–Crippen MR) is 89.7 cm³/mol. The lowest BCUT2D eigenvalue weighted by Gasteiger charge is -2.05. The topological polar surface area (TPSA) is 85.7 Å². The number of halogens is 1. The van der Waals surface area contributed by atoms with Gasteiger partial charge < -0.3 is 5.73 Å². The Morgan fingerprint density at radius 3 is 2.87 bits per heavy atom. The summed E-state index contributed by atoms with van der Waals surface area (Å²) in [7, 11) is 0. The number of hydrogen-bond donors (Lipinski definition) is 3. The molecule has 1 saturated heterocycles. The molecule has 1 aromatic carbocycles. The number of nitrogens with two attached hydrogens (primary N) is 1. The van der Waals surface area contributed by atoms with Crippen LogP contribution in [-0.2, 0) is 6.54 Å². The third kappa shape index (κ3) is 2.61. The summed E-state index contributed by atoms with van der Waals surface area (Å²) in [6.07, 6.45) is 4.04. The summed E-state index contributed by atoms with van der Waals surface area (Å²) in [5.74, 6) is 1.19. The van der Waals surface area contributed by atoms with E-state index in [1.807, 2.05) is 18.3 Å². The van der Waals surface area contributed by atoms with Gasteiger partial charge in [0.2, 0.25) is 0 Å². The van der Waals surface area contributed by atoms with Gasteiger partial charge in [-0.05, 0) is 17.7 Å². The summed E-state index contributed by atoms with van der Waals surface area (Å²) in [6.45, 7) is 2.99. The third-order valence-corrected chi connectivity index (χ3v) is 4.43. The van der Waals surface area contributed by atoms with Crippen LogP contribution in [0.25, 0.3) is 16.7 Å². The van der Waals surface area contributed by atoms with Gasteiger partial charge in [-0.25, -0.2) is 4.68 Å². The largest absolute Gasteiger partial charge is 0.329 e. The molecule has 0 saturated carbocycles. The fourth-order valence-corrected chi connectivity index (χ4v) is 3.23. The quantitative estimate of drug-likeness (QED) is 0.664. The summed E-state index contributed by atoms with van der Waals surface area (Å²) in [4.78, 5) is 0. The average Bonchev–Trinajstić information content (AvgIpc) is 3.25. The van der Waals surface area contributed by atoms with Crippen molar-refractivity contribution in [2.24, 2.45) is 5.73 Å². The monoisotopic (exact) mass is 331 g/mol. The average molecular weight is 332 g/mol. The highest BCUT2D eigenvalue weighted by Crippen LogP contribution is 2.31. The second-order valence-electron chi connectivity index (χ2n) is 5.70. The van der Waals surface area contributed by atoms with Gasteiger partial charge in [0.05, 0.1) is 18.3 Å². The number of benzene rings is 1. The number of nitrogens with one attached hydrogen (secondary N) is 2. The number of nitrogens with zero attached hydrogens (tertiary/aromatic N) is 4. The first-order valence-electron chi connectivity index (χ1n) is 7.63. The van der Waals surface area contributed by atoms with Gasteiger partial charge in [-0.15, -0.1) is 5.10 Å². The Labute approximate surface area is 138 Å². The number of aromatic nitrogens is 4. The van der Waals surface area contributed by atoms with E-state index in [0.717, 1.165) is 24.4 Å². The van der Waals surface area contributed by atoms with Gasteiger partial charge in [0.15, 0.2) is 5.82 Å². The van der Waals surface area contributed by atoms with E-state index in [1.54, 1.807) is 4.68 Å². The van der Waals surface area contributed by atoms with E-state index in [2.05, 4.69) is 38.0 Å². The van der Waals surface area contributed by atoms with Gasteiger partial charge in [0.25, 0.3) is 0 Å². The van der Waals surface area contributed by atoms with Crippen LogP contribution in [0.15, 0.2) is 30.6 Å². The lowest BCUT2D eigenvalue weighted by molar-refractivity contribution is 0.598. The van der Waals surface area contributed by atoms with Crippen molar-refractivity contribution in [3.63, 3.8) is 0 Å². The molecule has 0 atom stereocenters. The minimum atomic E-state index is 0.416. The smallest absolute Gasteiger partial charge is 0.179 e. The van der Waals surface area contributed by atoms with Gasteiger partial charge >= 0.3 is 0 Å². The van der Waals surface area contributed by atoms with Crippen molar-refractivity contribution in [2.45, 2.75) is 12.5 Å². The molecule has 0 bridgehead atoms. The van der Waals surface area contributed by atoms with Gasteiger partial charge in [-0.3, -0.25) is 15.4 Å². The highest BCUT2D eigenvalue weighted by Gasteiger charge is 2.22. The van der Waals surface area contributed by atoms with Crippen LogP contribution in [0.2, 0.25) is 5.02 Å². The van der Waals surface area contributed by atoms with Crippen LogP contribution in [0.3, 0.4) is 0 Å². The van der Waals surface area contributed by atoms with Crippen molar-refractivity contribution in [1.82, 2.24) is 30.4 Å². The van der Waals surface area contributed by atoms with Crippen molar-refractivity contribution in [3.8, 4) is 5.82 Å². The molecule has 8 heteroatoms. The van der Waals surface area contributed by atoms with Gasteiger partial charge in [0.1, 0.15) is 0 Å². The molecule has 23 heavy (non-hydrogen) atoms. The van der Waals surface area contributed by atoms with Crippen molar-refractivity contribution in [2.75, 3.05) is 19.6 Å². The van der Waals surface area contributed by atoms with Crippen LogP contribution in [0.4, 0.5) is 0 Å². The van der Waals surface area contributed by atoms with Crippen molar-refractivity contribution in [1.29, 1.82) is 0 Å². The molecule has 7 nitrogen and oxygen atoms in total. The molecule has 3 heterocycles. The van der Waals surface area contributed by atoms with Crippen LogP contribution >= 0.6 is 11.6 Å². The zero-order chi connectivity index (χ0) is 15.8. The van der Waals surface area contributed by atoms with Crippen LogP contribution in [-0.4, -0.2) is 39.2 Å². The van der Waals surface area contributed by atoms with E-state index in [0.29, 0.717) is 24.0 Å². The number of hydrazine groups is 1. The van der Waals surface area contributed by atoms with Crippen molar-refractivity contribution < 1.29 is 0 Å². The molecule has 1 aliphatic heterocycles. The summed E-state index contributed by atoms with van der Waals surface area (Å²) in [5.41, 5.74) is 14.3. The van der Waals surface area contributed by atoms with E-state index in [-0.39, 0.29) is 0 Å². The van der Waals surface area contributed by atoms with Crippen LogP contribution in [0.5, 0.6) is 0 Å². The fraction of sp³-hybridized carbons (Fsp3) is 0.333. The Morgan fingerprint density at radius 1 is 1.26 bits per heavy atom. The predicted octanol–water partition coefficient (Wildman–Crippen LogP) is 1.03. The molecule has 0 spiro atoms. The van der Waals surface area contributed by atoms with E-state index in [9.17, 15) is 0 Å². The molecule has 4 rings (SSSR count). The van der Waals surface area contributed by atoms with Gasteiger partial charge in [0, 0.05) is 42.2 Å². The number of rotatable bonds is 4. The van der Waals surface area contributed by atoms with E-state index in [4.69, 9.17) is 17.3 Å². The first kappa shape index (κ1) is 14.6. The Bertz CT molecular complexity index is 832. The normalized spacial score (nSPS) is 15.7. The Morgan fingerprint density at radius 2 is 2.09 bits per heavy atom. The standard InChI is InChI=1S/C15H18ClN7/c16-11-1-2-12-13(10-6-18-19-7-10)8-23(14(12)5-11)15-9-22(4-3-17)21-20-15/h1-2,5,8-10,18-19H,3-4,6-7,17H2. The SMILES string of the molecule is NCCn1cc(-n2cc(C3CNNC3)c3ccc(Cl)cc32)nn1. The third-order valence-electron chi connectivity index (χ3n) is 4.19. The second kappa shape index (κ2) is 5.93. The Kier molecular flexibility index (Phi) is 3.78. The molecular formula is C15H18ClN7. The minimum Gasteiger partial charge on any atom is -0.329 e. The Balaban J connectivity index is 1.85. The summed E-state index contributed by atoms with van der Waals surface area (Å²) in [6, 6.07) is 5.98. The number of fused-ring (bicyclic) bond motifs is 1. The minimum absolute atomic E-state index is 0.416. The van der Waals surface area contributed by atoms with E-state index >= 15 is 0 Å². The second-order valence-corrected chi connectivity index (χ2v) is 6.14. The molecule has 1 fully saturated rings. The van der Waals surface area contributed by atoms with E-state index < -0.39 is 0 Å². The van der Waals surface area contributed by atoms with Crippen LogP contribution < -0.4 is 16.6 Å². The number of hydrogen-bond acceptors (Lipinski definition) is 5. The first-order chi connectivity index (χ1) is 11.3. The maximum atomic E-state index is 6.21. The first-order valence-corrected chi connectivity index (χ1v) is 8.01. The van der Waals surface area contributed by atoms with Gasteiger partial charge in [-0.2, -0.15) is 0 Å². The molecule has 3 aromatic rings. The highest BCUT2D eigenvalue weighted by molar-refractivity contribution is 6.31. The molecule has 1 aliphatic rings. The highest BCUT2D eigenvalue weighted by atomic mass is 35.5. The van der Waals surface area contributed by atoms with E-state index in [1.165, 1.54) is 10.9 Å². The summed E-state index contributed by atoms with van der Waals surface area (Å²) < 4.78 is 3.80. The van der Waals surface area contributed by atoms with Crippen molar-refractivity contribution >= 4 is 22.5 Å². The molecule has 0 radical (unpaired) electrons. The molecular weight excluding hydrogens is 314 g/mol. The van der Waals surface area contributed by atoms with Crippen molar-refractivity contribution in [3.05, 3.63) is 41.2 Å². The van der Waals surface area contributed by atoms with Gasteiger partial charge in [-0.1, -0.05) is 22.9 Å². The molecule has 2 aromatic heterocycles.